The number of hydrogen-bond acceptors (Lipinski definition) is 8. The van der Waals surface area contributed by atoms with Gasteiger partial charge in [-0.15, -0.1) is 0 Å². The van der Waals surface area contributed by atoms with Crippen molar-refractivity contribution in [1.29, 1.82) is 0 Å². The van der Waals surface area contributed by atoms with E-state index in [2.05, 4.69) is 21.5 Å². The largest absolute Gasteiger partial charge is 0.369 e. The van der Waals surface area contributed by atoms with Gasteiger partial charge >= 0.3 is 7.60 Å². The van der Waals surface area contributed by atoms with Gasteiger partial charge in [-0.1, -0.05) is 6.58 Å². The summed E-state index contributed by atoms with van der Waals surface area (Å²) in [4.78, 5) is 22.3. The summed E-state index contributed by atoms with van der Waals surface area (Å²) in [5.41, 5.74) is 6.38. The number of hydrogen-bond donors (Lipinski definition) is 2. The van der Waals surface area contributed by atoms with Gasteiger partial charge in [0.1, 0.15) is 6.35 Å². The Morgan fingerprint density at radius 3 is 2.56 bits per heavy atom. The minimum atomic E-state index is -3.37. The van der Waals surface area contributed by atoms with Crippen LogP contribution in [-0.4, -0.2) is 44.7 Å². The number of nitrogen functional groups attached to an aromatic ring is 1. The maximum Gasteiger partial charge on any atom is 0.356 e. The summed E-state index contributed by atoms with van der Waals surface area (Å²) in [5, 5.41) is 0. The number of fused-ring (bicyclic) bond motifs is 1. The molecule has 0 atom stereocenters. The summed E-state index contributed by atoms with van der Waals surface area (Å²) >= 11 is 0. The molecule has 0 aliphatic heterocycles. The minimum absolute atomic E-state index is 0.00807. The normalized spacial score (nSPS) is 12.4. The van der Waals surface area contributed by atoms with Gasteiger partial charge in [-0.05, 0) is 33.3 Å². The lowest BCUT2D eigenvalue weighted by atomic mass is 10.3. The van der Waals surface area contributed by atoms with Crippen molar-refractivity contribution < 1.29 is 18.3 Å². The Hall–Kier alpha value is -2.00. The van der Waals surface area contributed by atoms with Crippen LogP contribution in [0.2, 0.25) is 0 Å². The van der Waals surface area contributed by atoms with Crippen molar-refractivity contribution in [1.82, 2.24) is 19.5 Å². The molecule has 0 fully saturated rings. The molecule has 0 saturated heterocycles. The molecular formula is C16H26N5O5P. The predicted octanol–water partition coefficient (Wildman–Crippen LogP) is 2.28. The Labute approximate surface area is 157 Å². The molecule has 0 amide bonds. The lowest BCUT2D eigenvalue weighted by molar-refractivity contribution is 0.105. The molecule has 0 aromatic carbocycles. The standard InChI is InChI=1S/C16H26N5O5P/c1-10(2)25-27(23,26-11(3)4)9-24-7-12(5)6-21-8-18-13-14(21)19-16(17)20-15(13)22/h8,10-11H,5-7,9H2,1-4H3,(H3,17,19,20,22). The molecule has 0 spiro atoms. The SMILES string of the molecule is C=C(COCP(=O)(OC(C)C)OC(C)C)Cn1cnc2c(=O)[nH]c(N)nc21. The molecule has 150 valence electrons. The average molecular weight is 399 g/mol. The molecule has 0 unspecified atom stereocenters. The van der Waals surface area contributed by atoms with Gasteiger partial charge in [-0.2, -0.15) is 4.98 Å². The van der Waals surface area contributed by atoms with Crippen LogP contribution in [0.3, 0.4) is 0 Å². The topological polar surface area (TPSA) is 134 Å². The highest BCUT2D eigenvalue weighted by molar-refractivity contribution is 7.53. The van der Waals surface area contributed by atoms with Crippen LogP contribution in [-0.2, 0) is 24.9 Å². The Morgan fingerprint density at radius 1 is 1.33 bits per heavy atom. The van der Waals surface area contributed by atoms with Gasteiger partial charge < -0.3 is 24.1 Å². The molecule has 2 aromatic rings. The molecule has 27 heavy (non-hydrogen) atoms. The Morgan fingerprint density at radius 2 is 1.96 bits per heavy atom. The van der Waals surface area contributed by atoms with Gasteiger partial charge in [-0.25, -0.2) is 4.98 Å². The molecule has 0 aliphatic rings. The van der Waals surface area contributed by atoms with Crippen molar-refractivity contribution in [2.24, 2.45) is 0 Å². The molecule has 2 aromatic heterocycles. The fourth-order valence-electron chi connectivity index (χ4n) is 2.40. The summed E-state index contributed by atoms with van der Waals surface area (Å²) in [7, 11) is -3.37. The molecule has 0 radical (unpaired) electrons. The number of nitrogens with zero attached hydrogens (tertiary/aromatic N) is 3. The highest BCUT2D eigenvalue weighted by Crippen LogP contribution is 2.50. The maximum absolute atomic E-state index is 12.7. The van der Waals surface area contributed by atoms with Gasteiger partial charge in [0.2, 0.25) is 5.95 Å². The highest BCUT2D eigenvalue weighted by Gasteiger charge is 2.28. The van der Waals surface area contributed by atoms with Crippen molar-refractivity contribution in [3.63, 3.8) is 0 Å². The second-order valence-corrected chi connectivity index (χ2v) is 8.54. The number of nitrogens with two attached hydrogens (primary N) is 1. The van der Waals surface area contributed by atoms with Crippen LogP contribution in [0, 0.1) is 0 Å². The number of aromatic nitrogens is 4. The smallest absolute Gasteiger partial charge is 0.356 e. The van der Waals surface area contributed by atoms with Crippen LogP contribution in [0.25, 0.3) is 11.2 Å². The van der Waals surface area contributed by atoms with Gasteiger partial charge in [0, 0.05) is 6.54 Å². The number of aromatic amines is 1. The van der Waals surface area contributed by atoms with Crippen molar-refractivity contribution in [2.45, 2.75) is 46.4 Å². The molecule has 2 heterocycles. The first-order valence-corrected chi connectivity index (χ1v) is 10.2. The van der Waals surface area contributed by atoms with Crippen molar-refractivity contribution in [3.05, 3.63) is 28.8 Å². The molecule has 0 aliphatic carbocycles. The van der Waals surface area contributed by atoms with E-state index in [-0.39, 0.29) is 36.6 Å². The second kappa shape index (κ2) is 8.79. The highest BCUT2D eigenvalue weighted by atomic mass is 31.2. The zero-order valence-corrected chi connectivity index (χ0v) is 16.9. The van der Waals surface area contributed by atoms with Crippen LogP contribution in [0.5, 0.6) is 0 Å². The maximum atomic E-state index is 12.7. The average Bonchev–Trinajstić information content (AvgIpc) is 2.88. The molecule has 0 bridgehead atoms. The first-order chi connectivity index (χ1) is 12.6. The van der Waals surface area contributed by atoms with E-state index in [4.69, 9.17) is 19.5 Å². The van der Waals surface area contributed by atoms with E-state index < -0.39 is 13.2 Å². The molecule has 10 nitrogen and oxygen atoms in total. The van der Waals surface area contributed by atoms with Gasteiger partial charge in [0.25, 0.3) is 5.56 Å². The van der Waals surface area contributed by atoms with Crippen LogP contribution < -0.4 is 11.3 Å². The Kier molecular flexibility index (Phi) is 6.94. The van der Waals surface area contributed by atoms with Crippen LogP contribution in [0.1, 0.15) is 27.7 Å². The van der Waals surface area contributed by atoms with E-state index in [1.54, 1.807) is 32.3 Å². The van der Waals surface area contributed by atoms with Gasteiger partial charge in [0.15, 0.2) is 11.2 Å². The van der Waals surface area contributed by atoms with Crippen molar-refractivity contribution >= 4 is 24.7 Å². The molecule has 0 saturated carbocycles. The first kappa shape index (κ1) is 21.3. The number of H-pyrrole nitrogens is 1. The zero-order chi connectivity index (χ0) is 20.2. The Bertz CT molecular complexity index is 890. The summed E-state index contributed by atoms with van der Waals surface area (Å²) in [6, 6.07) is 0. The lowest BCUT2D eigenvalue weighted by Crippen LogP contribution is -2.14. The summed E-state index contributed by atoms with van der Waals surface area (Å²) in [6.45, 7) is 11.5. The molecular weight excluding hydrogens is 373 g/mol. The molecule has 2 rings (SSSR count). The number of nitrogens with one attached hydrogen (secondary N) is 1. The summed E-state index contributed by atoms with van der Waals surface area (Å²) in [6.07, 6.45) is 0.783. The minimum Gasteiger partial charge on any atom is -0.369 e. The lowest BCUT2D eigenvalue weighted by Gasteiger charge is -2.22. The fraction of sp³-hybridized carbons (Fsp3) is 0.562. The van der Waals surface area contributed by atoms with E-state index in [0.717, 1.165) is 0 Å². The summed E-state index contributed by atoms with van der Waals surface area (Å²) < 4.78 is 30.7. The zero-order valence-electron chi connectivity index (χ0n) is 16.0. The number of ether oxygens (including phenoxy) is 1. The van der Waals surface area contributed by atoms with Crippen LogP contribution in [0.4, 0.5) is 5.95 Å². The van der Waals surface area contributed by atoms with E-state index in [1.807, 2.05) is 0 Å². The van der Waals surface area contributed by atoms with Gasteiger partial charge in [0.05, 0.1) is 25.1 Å². The van der Waals surface area contributed by atoms with E-state index in [0.29, 0.717) is 17.8 Å². The fourth-order valence-corrected chi connectivity index (χ4v) is 4.17. The molecule has 3 N–H and O–H groups in total. The van der Waals surface area contributed by atoms with Crippen molar-refractivity contribution in [3.8, 4) is 0 Å². The number of rotatable bonds is 10. The summed E-state index contributed by atoms with van der Waals surface area (Å²) in [5.74, 6) is 0.00807. The molecule has 11 heteroatoms. The van der Waals surface area contributed by atoms with E-state index >= 15 is 0 Å². The monoisotopic (exact) mass is 399 g/mol. The Balaban J connectivity index is 1.98. The third-order valence-corrected chi connectivity index (χ3v) is 5.17. The van der Waals surface area contributed by atoms with E-state index in [1.165, 1.54) is 6.33 Å². The van der Waals surface area contributed by atoms with Crippen LogP contribution in [0.15, 0.2) is 23.3 Å². The predicted molar refractivity (Wildman–Crippen MR) is 103 cm³/mol. The van der Waals surface area contributed by atoms with Crippen molar-refractivity contribution in [2.75, 3.05) is 18.7 Å². The second-order valence-electron chi connectivity index (χ2n) is 6.64. The van der Waals surface area contributed by atoms with Crippen LogP contribution >= 0.6 is 7.60 Å². The third-order valence-electron chi connectivity index (χ3n) is 3.19. The quantitative estimate of drug-likeness (QED) is 0.459. The first-order valence-electron chi connectivity index (χ1n) is 8.50. The third kappa shape index (κ3) is 6.00. The number of imidazole rings is 1. The van der Waals surface area contributed by atoms with E-state index in [9.17, 15) is 9.36 Å². The number of anilines is 1. The van der Waals surface area contributed by atoms with Gasteiger partial charge in [-0.3, -0.25) is 14.3 Å².